The zero-order chi connectivity index (χ0) is 18.8. The molecule has 2 aromatic rings. The van der Waals surface area contributed by atoms with E-state index >= 15 is 0 Å². The lowest BCUT2D eigenvalue weighted by molar-refractivity contribution is -0.120. The second kappa shape index (κ2) is 10.2. The minimum absolute atomic E-state index is 0.188. The maximum Gasteiger partial charge on any atom is 0.234 e. The molecule has 0 unspecified atom stereocenters. The lowest BCUT2D eigenvalue weighted by Crippen LogP contribution is -2.22. The molecule has 0 aliphatic rings. The zero-order valence-electron chi connectivity index (χ0n) is 14.3. The van der Waals surface area contributed by atoms with Crippen molar-refractivity contribution in [2.75, 3.05) is 20.3 Å². The maximum absolute atomic E-state index is 11.4. The van der Waals surface area contributed by atoms with E-state index in [1.165, 1.54) is 0 Å². The first-order chi connectivity index (χ1) is 12.6. The number of nitrogens with zero attached hydrogens (tertiary/aromatic N) is 1. The Morgan fingerprint density at radius 2 is 1.81 bits per heavy atom. The van der Waals surface area contributed by atoms with Gasteiger partial charge in [-0.15, -0.1) is 0 Å². The Kier molecular flexibility index (Phi) is 7.59. The van der Waals surface area contributed by atoms with Crippen LogP contribution in [-0.2, 0) is 11.3 Å². The number of hydrogen-bond donors (Lipinski definition) is 1. The van der Waals surface area contributed by atoms with Crippen molar-refractivity contribution in [1.82, 2.24) is 5.32 Å². The highest BCUT2D eigenvalue weighted by atomic mass is 35.5. The van der Waals surface area contributed by atoms with Crippen LogP contribution in [0, 0.1) is 11.3 Å². The van der Waals surface area contributed by atoms with Gasteiger partial charge >= 0.3 is 0 Å². The van der Waals surface area contributed by atoms with E-state index in [2.05, 4.69) is 5.32 Å². The molecule has 0 radical (unpaired) electrons. The van der Waals surface area contributed by atoms with Gasteiger partial charge in [0.2, 0.25) is 5.91 Å². The fraction of sp³-hybridized carbons (Fsp3) is 0.263. The summed E-state index contributed by atoms with van der Waals surface area (Å²) in [5.74, 6) is 1.73. The number of carbonyl (C=O) groups excluding carboxylic acids is 1. The van der Waals surface area contributed by atoms with E-state index in [1.54, 1.807) is 31.4 Å². The van der Waals surface area contributed by atoms with Crippen LogP contribution in [0.3, 0.4) is 0 Å². The van der Waals surface area contributed by atoms with Crippen molar-refractivity contribution >= 4 is 17.5 Å². The fourth-order valence-electron chi connectivity index (χ4n) is 2.14. The Labute approximate surface area is 157 Å². The Morgan fingerprint density at radius 3 is 2.50 bits per heavy atom. The van der Waals surface area contributed by atoms with Crippen LogP contribution in [-0.4, -0.2) is 26.2 Å². The van der Waals surface area contributed by atoms with Crippen LogP contribution in [0.25, 0.3) is 0 Å². The average Bonchev–Trinajstić information content (AvgIpc) is 2.65. The van der Waals surface area contributed by atoms with E-state index < -0.39 is 0 Å². The van der Waals surface area contributed by atoms with Crippen molar-refractivity contribution in [3.05, 3.63) is 53.1 Å². The molecule has 0 saturated heterocycles. The third-order valence-corrected chi connectivity index (χ3v) is 3.64. The molecule has 7 heteroatoms. The van der Waals surface area contributed by atoms with Crippen LogP contribution in [0.2, 0.25) is 5.02 Å². The molecule has 0 saturated carbocycles. The molecular formula is C19H19ClN2O4. The van der Waals surface area contributed by atoms with E-state index in [0.29, 0.717) is 24.0 Å². The summed E-state index contributed by atoms with van der Waals surface area (Å²) in [6, 6.07) is 14.2. The number of benzene rings is 2. The molecule has 0 aromatic heterocycles. The average molecular weight is 375 g/mol. The molecule has 26 heavy (non-hydrogen) atoms. The van der Waals surface area contributed by atoms with Gasteiger partial charge in [-0.25, -0.2) is 0 Å². The Morgan fingerprint density at radius 1 is 1.12 bits per heavy atom. The molecular weight excluding hydrogens is 356 g/mol. The molecule has 0 heterocycles. The van der Waals surface area contributed by atoms with Crippen molar-refractivity contribution < 1.29 is 19.0 Å². The minimum Gasteiger partial charge on any atom is -0.497 e. The van der Waals surface area contributed by atoms with Crippen LogP contribution in [0.1, 0.15) is 12.0 Å². The highest BCUT2D eigenvalue weighted by Crippen LogP contribution is 2.23. The monoisotopic (exact) mass is 374 g/mol. The summed E-state index contributed by atoms with van der Waals surface area (Å²) >= 11 is 6.00. The molecule has 136 valence electrons. The first-order valence-corrected chi connectivity index (χ1v) is 8.32. The van der Waals surface area contributed by atoms with E-state index in [1.807, 2.05) is 24.3 Å². The van der Waals surface area contributed by atoms with E-state index in [-0.39, 0.29) is 18.9 Å². The van der Waals surface area contributed by atoms with Crippen LogP contribution < -0.4 is 19.5 Å². The SMILES string of the molecule is COc1ccc(OCCOc2ccc(Cl)cc2CNC(=O)CC#N)cc1. The predicted octanol–water partition coefficient (Wildman–Crippen LogP) is 3.34. The van der Waals surface area contributed by atoms with Crippen molar-refractivity contribution in [2.45, 2.75) is 13.0 Å². The van der Waals surface area contributed by atoms with Gasteiger partial charge in [0, 0.05) is 17.1 Å². The summed E-state index contributed by atoms with van der Waals surface area (Å²) in [6.45, 7) is 0.914. The van der Waals surface area contributed by atoms with Gasteiger partial charge in [-0.3, -0.25) is 4.79 Å². The molecule has 0 aliphatic carbocycles. The fourth-order valence-corrected chi connectivity index (χ4v) is 2.33. The summed E-state index contributed by atoms with van der Waals surface area (Å²) in [5.41, 5.74) is 0.730. The van der Waals surface area contributed by atoms with Gasteiger partial charge in [-0.05, 0) is 42.5 Å². The number of hydrogen-bond acceptors (Lipinski definition) is 5. The standard InChI is InChI=1S/C19H19ClN2O4/c1-24-16-3-5-17(6-4-16)25-10-11-26-18-7-2-15(20)12-14(18)13-22-19(23)8-9-21/h2-7,12H,8,10-11,13H2,1H3,(H,22,23). The Hall–Kier alpha value is -2.91. The molecule has 1 amide bonds. The second-order valence-corrected chi connectivity index (χ2v) is 5.67. The van der Waals surface area contributed by atoms with Crippen molar-refractivity contribution in [2.24, 2.45) is 0 Å². The lowest BCUT2D eigenvalue weighted by Gasteiger charge is -2.13. The Balaban J connectivity index is 1.85. The third kappa shape index (κ3) is 6.19. The number of amides is 1. The molecule has 2 aromatic carbocycles. The van der Waals surface area contributed by atoms with Gasteiger partial charge in [0.1, 0.15) is 36.9 Å². The smallest absolute Gasteiger partial charge is 0.234 e. The molecule has 0 atom stereocenters. The summed E-state index contributed by atoms with van der Waals surface area (Å²) in [7, 11) is 1.61. The topological polar surface area (TPSA) is 80.6 Å². The minimum atomic E-state index is -0.346. The van der Waals surface area contributed by atoms with Crippen LogP contribution in [0.4, 0.5) is 0 Å². The number of nitrogens with one attached hydrogen (secondary N) is 1. The summed E-state index contributed by atoms with van der Waals surface area (Å²) in [6.07, 6.45) is -0.188. The van der Waals surface area contributed by atoms with Crippen LogP contribution >= 0.6 is 11.6 Å². The molecule has 0 fully saturated rings. The van der Waals surface area contributed by atoms with Crippen LogP contribution in [0.5, 0.6) is 17.2 Å². The lowest BCUT2D eigenvalue weighted by atomic mass is 10.2. The van der Waals surface area contributed by atoms with Gasteiger partial charge in [0.05, 0.1) is 13.2 Å². The van der Waals surface area contributed by atoms with E-state index in [9.17, 15) is 4.79 Å². The van der Waals surface area contributed by atoms with Gasteiger partial charge in [-0.1, -0.05) is 11.6 Å². The molecule has 6 nitrogen and oxygen atoms in total. The largest absolute Gasteiger partial charge is 0.497 e. The first kappa shape index (κ1) is 19.4. The van der Waals surface area contributed by atoms with Crippen molar-refractivity contribution in [3.8, 4) is 23.3 Å². The summed E-state index contributed by atoms with van der Waals surface area (Å²) in [5, 5.41) is 11.7. The number of ether oxygens (including phenoxy) is 3. The van der Waals surface area contributed by atoms with Gasteiger partial charge in [0.25, 0.3) is 0 Å². The zero-order valence-corrected chi connectivity index (χ0v) is 15.1. The summed E-state index contributed by atoms with van der Waals surface area (Å²) in [4.78, 5) is 11.4. The predicted molar refractivity (Wildman–Crippen MR) is 97.5 cm³/mol. The van der Waals surface area contributed by atoms with Gasteiger partial charge < -0.3 is 19.5 Å². The summed E-state index contributed by atoms with van der Waals surface area (Å²) < 4.78 is 16.4. The molecule has 0 aliphatic heterocycles. The number of nitriles is 1. The second-order valence-electron chi connectivity index (χ2n) is 5.24. The maximum atomic E-state index is 11.4. The van der Waals surface area contributed by atoms with Gasteiger partial charge in [0.15, 0.2) is 0 Å². The number of halogens is 1. The molecule has 2 rings (SSSR count). The number of rotatable bonds is 9. The molecule has 0 spiro atoms. The molecule has 1 N–H and O–H groups in total. The van der Waals surface area contributed by atoms with E-state index in [4.69, 9.17) is 31.1 Å². The first-order valence-electron chi connectivity index (χ1n) is 7.94. The van der Waals surface area contributed by atoms with Crippen molar-refractivity contribution in [3.63, 3.8) is 0 Å². The normalized spacial score (nSPS) is 9.88. The van der Waals surface area contributed by atoms with Gasteiger partial charge in [-0.2, -0.15) is 5.26 Å². The highest BCUT2D eigenvalue weighted by molar-refractivity contribution is 6.30. The Bertz CT molecular complexity index is 772. The number of methoxy groups -OCH3 is 1. The van der Waals surface area contributed by atoms with E-state index in [0.717, 1.165) is 17.1 Å². The number of carbonyl (C=O) groups is 1. The van der Waals surface area contributed by atoms with Crippen LogP contribution in [0.15, 0.2) is 42.5 Å². The quantitative estimate of drug-likeness (QED) is 0.681. The highest BCUT2D eigenvalue weighted by Gasteiger charge is 2.07. The third-order valence-electron chi connectivity index (χ3n) is 3.41. The molecule has 0 bridgehead atoms. The van der Waals surface area contributed by atoms with Crippen molar-refractivity contribution in [1.29, 1.82) is 5.26 Å².